The molecule has 0 unspecified atom stereocenters. The van der Waals surface area contributed by atoms with Crippen molar-refractivity contribution in [1.82, 2.24) is 0 Å². The van der Waals surface area contributed by atoms with Gasteiger partial charge in [-0.05, 0) is 35.7 Å². The molecule has 1 heterocycles. The number of hydrogen-bond donors (Lipinski definition) is 0. The van der Waals surface area contributed by atoms with Crippen molar-refractivity contribution >= 4 is 11.4 Å². The summed E-state index contributed by atoms with van der Waals surface area (Å²) in [5.41, 5.74) is 3.66. The molecule has 0 fully saturated rings. The average Bonchev–Trinajstić information content (AvgIpc) is 2.77. The van der Waals surface area contributed by atoms with E-state index < -0.39 is 0 Å². The molecule has 2 aromatic carbocycles. The van der Waals surface area contributed by atoms with Crippen LogP contribution in [0.15, 0.2) is 36.4 Å². The van der Waals surface area contributed by atoms with Crippen molar-refractivity contribution < 1.29 is 14.2 Å². The number of hydrogen-bond acceptors (Lipinski definition) is 5. The molecule has 0 N–H and O–H groups in total. The first-order valence-corrected chi connectivity index (χ1v) is 8.91. The standard InChI is InChI=1S/C21H28N2O3/c1-15-12-22(2)17-8-6-7-9-18(17)23(13-15)14-16-10-19(24-3)21(26-5)20(11-16)25-4/h6-11,15H,12-14H2,1-5H3/t15-/m0/s1. The Kier molecular flexibility index (Phi) is 5.45. The number of benzene rings is 2. The average molecular weight is 356 g/mol. The van der Waals surface area contributed by atoms with E-state index >= 15 is 0 Å². The predicted octanol–water partition coefficient (Wildman–Crippen LogP) is 3.80. The lowest BCUT2D eigenvalue weighted by atomic mass is 10.1. The Morgan fingerprint density at radius 1 is 0.923 bits per heavy atom. The van der Waals surface area contributed by atoms with Crippen molar-refractivity contribution in [3.8, 4) is 17.2 Å². The van der Waals surface area contributed by atoms with Gasteiger partial charge in [-0.2, -0.15) is 0 Å². The maximum Gasteiger partial charge on any atom is 0.203 e. The summed E-state index contributed by atoms with van der Waals surface area (Å²) >= 11 is 0. The fraction of sp³-hybridized carbons (Fsp3) is 0.429. The van der Waals surface area contributed by atoms with Gasteiger partial charge in [0.2, 0.25) is 5.75 Å². The summed E-state index contributed by atoms with van der Waals surface area (Å²) in [7, 11) is 7.10. The highest BCUT2D eigenvalue weighted by Gasteiger charge is 2.23. The minimum Gasteiger partial charge on any atom is -0.493 e. The lowest BCUT2D eigenvalue weighted by Gasteiger charge is -2.27. The normalized spacial score (nSPS) is 16.7. The molecule has 2 aromatic rings. The first kappa shape index (κ1) is 18.2. The summed E-state index contributed by atoms with van der Waals surface area (Å²) in [6, 6.07) is 12.7. The number of nitrogens with zero attached hydrogens (tertiary/aromatic N) is 2. The van der Waals surface area contributed by atoms with Crippen LogP contribution in [-0.4, -0.2) is 41.5 Å². The zero-order valence-electron chi connectivity index (χ0n) is 16.3. The van der Waals surface area contributed by atoms with Gasteiger partial charge >= 0.3 is 0 Å². The van der Waals surface area contributed by atoms with Crippen molar-refractivity contribution in [3.05, 3.63) is 42.0 Å². The third kappa shape index (κ3) is 3.52. The molecule has 1 aliphatic heterocycles. The molecule has 0 radical (unpaired) electrons. The fourth-order valence-corrected chi connectivity index (χ4v) is 3.75. The third-order valence-electron chi connectivity index (χ3n) is 4.85. The predicted molar refractivity (Wildman–Crippen MR) is 106 cm³/mol. The largest absolute Gasteiger partial charge is 0.493 e. The van der Waals surface area contributed by atoms with Gasteiger partial charge in [-0.3, -0.25) is 0 Å². The molecule has 3 rings (SSSR count). The van der Waals surface area contributed by atoms with Crippen LogP contribution in [0.5, 0.6) is 17.2 Å². The molecule has 0 saturated heterocycles. The highest BCUT2D eigenvalue weighted by atomic mass is 16.5. The van der Waals surface area contributed by atoms with Crippen molar-refractivity contribution in [2.75, 3.05) is 51.3 Å². The van der Waals surface area contributed by atoms with Gasteiger partial charge in [-0.1, -0.05) is 19.1 Å². The van der Waals surface area contributed by atoms with E-state index in [2.05, 4.69) is 48.0 Å². The maximum atomic E-state index is 5.51. The zero-order chi connectivity index (χ0) is 18.7. The Balaban J connectivity index is 1.98. The molecule has 1 atom stereocenters. The van der Waals surface area contributed by atoms with Crippen LogP contribution in [0, 0.1) is 5.92 Å². The number of ether oxygens (including phenoxy) is 3. The zero-order valence-corrected chi connectivity index (χ0v) is 16.3. The number of methoxy groups -OCH3 is 3. The van der Waals surface area contributed by atoms with E-state index in [4.69, 9.17) is 14.2 Å². The van der Waals surface area contributed by atoms with Gasteiger partial charge < -0.3 is 24.0 Å². The van der Waals surface area contributed by atoms with Crippen LogP contribution < -0.4 is 24.0 Å². The highest BCUT2D eigenvalue weighted by molar-refractivity contribution is 5.72. The lowest BCUT2D eigenvalue weighted by Crippen LogP contribution is -2.29. The van der Waals surface area contributed by atoms with Crippen LogP contribution in [0.1, 0.15) is 12.5 Å². The Bertz CT molecular complexity index is 738. The Morgan fingerprint density at radius 2 is 1.54 bits per heavy atom. The molecule has 0 spiro atoms. The summed E-state index contributed by atoms with van der Waals surface area (Å²) in [6.07, 6.45) is 0. The monoisotopic (exact) mass is 356 g/mol. The van der Waals surface area contributed by atoms with Crippen molar-refractivity contribution in [2.24, 2.45) is 5.92 Å². The van der Waals surface area contributed by atoms with Crippen molar-refractivity contribution in [1.29, 1.82) is 0 Å². The SMILES string of the molecule is COc1cc(CN2C[C@@H](C)CN(C)c3ccccc32)cc(OC)c1OC. The molecule has 26 heavy (non-hydrogen) atoms. The number of fused-ring (bicyclic) bond motifs is 1. The first-order chi connectivity index (χ1) is 12.6. The smallest absolute Gasteiger partial charge is 0.203 e. The third-order valence-corrected chi connectivity index (χ3v) is 4.85. The second-order valence-corrected chi connectivity index (χ2v) is 6.89. The van der Waals surface area contributed by atoms with Gasteiger partial charge in [-0.15, -0.1) is 0 Å². The fourth-order valence-electron chi connectivity index (χ4n) is 3.75. The summed E-state index contributed by atoms with van der Waals surface area (Å²) in [6.45, 7) is 5.12. The molecular formula is C21H28N2O3. The second-order valence-electron chi connectivity index (χ2n) is 6.89. The van der Waals surface area contributed by atoms with Crippen LogP contribution in [0.4, 0.5) is 11.4 Å². The maximum absolute atomic E-state index is 5.51. The molecule has 5 heteroatoms. The van der Waals surface area contributed by atoms with Crippen LogP contribution in [-0.2, 0) is 6.54 Å². The van der Waals surface area contributed by atoms with E-state index in [0.717, 1.165) is 25.2 Å². The Hall–Kier alpha value is -2.56. The minimum atomic E-state index is 0.564. The van der Waals surface area contributed by atoms with Crippen molar-refractivity contribution in [3.63, 3.8) is 0 Å². The first-order valence-electron chi connectivity index (χ1n) is 8.91. The number of anilines is 2. The quantitative estimate of drug-likeness (QED) is 0.814. The molecular weight excluding hydrogens is 328 g/mol. The summed E-state index contributed by atoms with van der Waals surface area (Å²) in [5, 5.41) is 0. The van der Waals surface area contributed by atoms with E-state index in [-0.39, 0.29) is 0 Å². The van der Waals surface area contributed by atoms with E-state index in [9.17, 15) is 0 Å². The Morgan fingerprint density at radius 3 is 2.12 bits per heavy atom. The van der Waals surface area contributed by atoms with Gasteiger partial charge in [0.15, 0.2) is 11.5 Å². The molecule has 140 valence electrons. The molecule has 0 bridgehead atoms. The van der Waals surface area contributed by atoms with Crippen LogP contribution in [0.25, 0.3) is 0 Å². The van der Waals surface area contributed by atoms with E-state index in [1.807, 2.05) is 12.1 Å². The molecule has 0 amide bonds. The van der Waals surface area contributed by atoms with Gasteiger partial charge in [-0.25, -0.2) is 0 Å². The van der Waals surface area contributed by atoms with Crippen LogP contribution >= 0.6 is 0 Å². The minimum absolute atomic E-state index is 0.564. The van der Waals surface area contributed by atoms with Gasteiger partial charge in [0, 0.05) is 26.7 Å². The number of rotatable bonds is 5. The molecule has 5 nitrogen and oxygen atoms in total. The highest BCUT2D eigenvalue weighted by Crippen LogP contribution is 2.40. The van der Waals surface area contributed by atoms with Crippen LogP contribution in [0.2, 0.25) is 0 Å². The van der Waals surface area contributed by atoms with Gasteiger partial charge in [0.25, 0.3) is 0 Å². The van der Waals surface area contributed by atoms with E-state index in [1.54, 1.807) is 21.3 Å². The molecule has 0 aliphatic carbocycles. The van der Waals surface area contributed by atoms with Gasteiger partial charge in [0.1, 0.15) is 0 Å². The van der Waals surface area contributed by atoms with E-state index in [1.165, 1.54) is 11.4 Å². The molecule has 1 aliphatic rings. The van der Waals surface area contributed by atoms with Crippen molar-refractivity contribution in [2.45, 2.75) is 13.5 Å². The van der Waals surface area contributed by atoms with Gasteiger partial charge in [0.05, 0.1) is 32.7 Å². The summed E-state index contributed by atoms with van der Waals surface area (Å²) in [5.74, 6) is 2.57. The van der Waals surface area contributed by atoms with E-state index in [0.29, 0.717) is 23.2 Å². The molecule has 0 aromatic heterocycles. The molecule has 0 saturated carbocycles. The lowest BCUT2D eigenvalue weighted by molar-refractivity contribution is 0.323. The van der Waals surface area contributed by atoms with Crippen LogP contribution in [0.3, 0.4) is 0 Å². The summed E-state index contributed by atoms with van der Waals surface area (Å²) < 4.78 is 16.5. The topological polar surface area (TPSA) is 34.2 Å². The Labute approximate surface area is 156 Å². The number of para-hydroxylation sites is 2. The summed E-state index contributed by atoms with van der Waals surface area (Å²) in [4.78, 5) is 4.78. The second kappa shape index (κ2) is 7.77.